The summed E-state index contributed by atoms with van der Waals surface area (Å²) in [6.45, 7) is 14.4. The van der Waals surface area contributed by atoms with Crippen LogP contribution in [0.25, 0.3) is 0 Å². The van der Waals surface area contributed by atoms with Crippen molar-refractivity contribution in [1.82, 2.24) is 0 Å². The summed E-state index contributed by atoms with van der Waals surface area (Å²) in [4.78, 5) is 0. The lowest BCUT2D eigenvalue weighted by atomic mass is 9.50. The molecule has 4 heteroatoms. The Labute approximate surface area is 203 Å². The largest absolute Gasteiger partial charge is 0.267 e. The van der Waals surface area contributed by atoms with E-state index in [0.29, 0.717) is 35.0 Å². The summed E-state index contributed by atoms with van der Waals surface area (Å²) < 4.78 is 28.7. The SMILES string of the molecule is CC(C)[C@@H](C)/C=C/[C@@H](C)[C@H]1CC[C@H]2C3=CC=C4C[C@@H](OS(C)(=O)=O)CC[C@]4(C)[C@H]3CC[C@]12C. The number of hydrogen-bond acceptors (Lipinski definition) is 3. The highest BCUT2D eigenvalue weighted by atomic mass is 32.2. The highest BCUT2D eigenvalue weighted by Gasteiger charge is 2.56. The van der Waals surface area contributed by atoms with E-state index in [1.54, 1.807) is 5.57 Å². The van der Waals surface area contributed by atoms with E-state index in [4.69, 9.17) is 4.18 Å². The summed E-state index contributed by atoms with van der Waals surface area (Å²) >= 11 is 0. The third kappa shape index (κ3) is 4.68. The molecule has 0 aliphatic heterocycles. The number of hydrogen-bond donors (Lipinski definition) is 0. The minimum Gasteiger partial charge on any atom is -0.267 e. The van der Waals surface area contributed by atoms with Gasteiger partial charge in [0.15, 0.2) is 0 Å². The highest BCUT2D eigenvalue weighted by Crippen LogP contribution is 2.66. The van der Waals surface area contributed by atoms with E-state index in [-0.39, 0.29) is 11.5 Å². The first-order chi connectivity index (χ1) is 15.3. The second-order valence-corrected chi connectivity index (χ2v) is 14.2. The Balaban J connectivity index is 1.54. The molecular weight excluding hydrogens is 428 g/mol. The lowest BCUT2D eigenvalue weighted by Crippen LogP contribution is -2.46. The van der Waals surface area contributed by atoms with Gasteiger partial charge < -0.3 is 0 Å². The van der Waals surface area contributed by atoms with Crippen molar-refractivity contribution >= 4 is 10.1 Å². The minimum absolute atomic E-state index is 0.166. The quantitative estimate of drug-likeness (QED) is 0.299. The highest BCUT2D eigenvalue weighted by molar-refractivity contribution is 7.86. The molecule has 0 bridgehead atoms. The predicted octanol–water partition coefficient (Wildman–Crippen LogP) is 7.31. The molecule has 4 aliphatic carbocycles. The zero-order valence-electron chi connectivity index (χ0n) is 21.9. The van der Waals surface area contributed by atoms with Crippen molar-refractivity contribution < 1.29 is 12.6 Å². The zero-order chi connectivity index (χ0) is 24.2. The molecule has 0 aromatic heterocycles. The van der Waals surface area contributed by atoms with Crippen LogP contribution in [0.2, 0.25) is 0 Å². The van der Waals surface area contributed by atoms with E-state index in [1.807, 2.05) is 0 Å². The molecule has 0 N–H and O–H groups in total. The third-order valence-corrected chi connectivity index (χ3v) is 10.9. The molecule has 0 radical (unpaired) electrons. The van der Waals surface area contributed by atoms with Gasteiger partial charge in [0.2, 0.25) is 0 Å². The summed E-state index contributed by atoms with van der Waals surface area (Å²) in [7, 11) is -3.40. The van der Waals surface area contributed by atoms with Crippen LogP contribution in [0.4, 0.5) is 0 Å². The Morgan fingerprint density at radius 2 is 1.70 bits per heavy atom. The Kier molecular flexibility index (Phi) is 6.86. The fourth-order valence-electron chi connectivity index (χ4n) is 7.91. The maximum Gasteiger partial charge on any atom is 0.264 e. The molecule has 3 fully saturated rings. The first-order valence-corrected chi connectivity index (χ1v) is 15.1. The van der Waals surface area contributed by atoms with Crippen molar-refractivity contribution in [2.24, 2.45) is 46.3 Å². The normalized spacial score (nSPS) is 40.6. The molecule has 0 unspecified atom stereocenters. The van der Waals surface area contributed by atoms with Crippen LogP contribution in [0.3, 0.4) is 0 Å². The van der Waals surface area contributed by atoms with Gasteiger partial charge in [-0.1, -0.05) is 77.0 Å². The van der Waals surface area contributed by atoms with Crippen LogP contribution in [-0.4, -0.2) is 20.8 Å². The molecule has 3 nitrogen and oxygen atoms in total. The molecule has 0 saturated heterocycles. The van der Waals surface area contributed by atoms with Crippen molar-refractivity contribution in [1.29, 1.82) is 0 Å². The maximum atomic E-state index is 11.7. The Bertz CT molecular complexity index is 942. The van der Waals surface area contributed by atoms with E-state index in [1.165, 1.54) is 37.5 Å². The summed E-state index contributed by atoms with van der Waals surface area (Å²) in [5.41, 5.74) is 3.67. The van der Waals surface area contributed by atoms with Crippen molar-refractivity contribution in [3.8, 4) is 0 Å². The summed E-state index contributed by atoms with van der Waals surface area (Å²) in [6.07, 6.45) is 18.6. The second kappa shape index (κ2) is 8.97. The van der Waals surface area contributed by atoms with Gasteiger partial charge in [0.25, 0.3) is 10.1 Å². The van der Waals surface area contributed by atoms with Gasteiger partial charge in [0.05, 0.1) is 12.4 Å². The summed E-state index contributed by atoms with van der Waals surface area (Å²) in [6, 6.07) is 0. The predicted molar refractivity (Wildman–Crippen MR) is 137 cm³/mol. The van der Waals surface area contributed by atoms with Crippen LogP contribution in [-0.2, 0) is 14.3 Å². The van der Waals surface area contributed by atoms with Crippen LogP contribution < -0.4 is 0 Å². The van der Waals surface area contributed by atoms with E-state index >= 15 is 0 Å². The van der Waals surface area contributed by atoms with Gasteiger partial charge in [0.1, 0.15) is 0 Å². The maximum absolute atomic E-state index is 11.7. The molecule has 0 spiro atoms. The van der Waals surface area contributed by atoms with Crippen LogP contribution in [0.5, 0.6) is 0 Å². The summed E-state index contributed by atoms with van der Waals surface area (Å²) in [5, 5.41) is 0. The fourth-order valence-corrected chi connectivity index (χ4v) is 8.57. The van der Waals surface area contributed by atoms with E-state index in [0.717, 1.165) is 25.2 Å². The van der Waals surface area contributed by atoms with Crippen molar-refractivity contribution in [3.63, 3.8) is 0 Å². The molecule has 0 heterocycles. The van der Waals surface area contributed by atoms with Crippen LogP contribution in [0.1, 0.15) is 86.5 Å². The standard InChI is InChI=1S/C29H46O3S/c1-19(2)20(3)8-9-21(4)25-12-13-26-24-11-10-22-18-23(32-33(7,30)31)14-16-28(22,5)27(24)15-17-29(25,26)6/h8-11,19-21,23,25-27H,12-18H2,1-7H3/b9-8+/t20-,21+,23-,25+,26-,27-,28-,29+/m0/s1. The monoisotopic (exact) mass is 474 g/mol. The smallest absolute Gasteiger partial charge is 0.264 e. The average molecular weight is 475 g/mol. The summed E-state index contributed by atoms with van der Waals surface area (Å²) in [5.74, 6) is 4.03. The Hall–Kier alpha value is -0.870. The Morgan fingerprint density at radius 1 is 0.970 bits per heavy atom. The van der Waals surface area contributed by atoms with Crippen molar-refractivity contribution in [2.75, 3.05) is 6.26 Å². The molecule has 0 aromatic rings. The molecule has 186 valence electrons. The van der Waals surface area contributed by atoms with Crippen LogP contribution in [0, 0.1) is 46.3 Å². The van der Waals surface area contributed by atoms with Crippen LogP contribution in [0.15, 0.2) is 35.5 Å². The van der Waals surface area contributed by atoms with Crippen LogP contribution >= 0.6 is 0 Å². The molecule has 0 amide bonds. The molecule has 8 atom stereocenters. The third-order valence-electron chi connectivity index (χ3n) is 10.3. The van der Waals surface area contributed by atoms with Gasteiger partial charge in [-0.2, -0.15) is 8.42 Å². The lowest BCUT2D eigenvalue weighted by molar-refractivity contribution is 0.0440. The van der Waals surface area contributed by atoms with Gasteiger partial charge in [-0.05, 0) is 91.3 Å². The molecular formula is C29H46O3S. The topological polar surface area (TPSA) is 43.4 Å². The molecule has 3 saturated carbocycles. The lowest BCUT2D eigenvalue weighted by Gasteiger charge is -2.55. The second-order valence-electron chi connectivity index (χ2n) is 12.6. The number of rotatable bonds is 6. The zero-order valence-corrected chi connectivity index (χ0v) is 22.8. The molecule has 4 rings (SSSR count). The van der Waals surface area contributed by atoms with Crippen molar-refractivity contribution in [3.05, 3.63) is 35.5 Å². The minimum atomic E-state index is -3.40. The van der Waals surface area contributed by atoms with E-state index < -0.39 is 10.1 Å². The van der Waals surface area contributed by atoms with Gasteiger partial charge >= 0.3 is 0 Å². The van der Waals surface area contributed by atoms with Gasteiger partial charge in [-0.15, -0.1) is 0 Å². The Morgan fingerprint density at radius 3 is 2.36 bits per heavy atom. The van der Waals surface area contributed by atoms with Gasteiger partial charge in [0, 0.05) is 0 Å². The van der Waals surface area contributed by atoms with E-state index in [2.05, 4.69) is 65.8 Å². The van der Waals surface area contributed by atoms with Gasteiger partial charge in [-0.3, -0.25) is 4.18 Å². The number of fused-ring (bicyclic) bond motifs is 5. The van der Waals surface area contributed by atoms with Crippen molar-refractivity contribution in [2.45, 2.75) is 92.6 Å². The first-order valence-electron chi connectivity index (χ1n) is 13.3. The fraction of sp³-hybridized carbons (Fsp3) is 0.793. The van der Waals surface area contributed by atoms with Gasteiger partial charge in [-0.25, -0.2) is 0 Å². The molecule has 0 aromatic carbocycles. The number of allylic oxidation sites excluding steroid dienone is 5. The van der Waals surface area contributed by atoms with E-state index in [9.17, 15) is 8.42 Å². The molecule has 4 aliphatic rings. The average Bonchev–Trinajstić information content (AvgIpc) is 3.08. The molecule has 33 heavy (non-hydrogen) atoms. The first kappa shape index (κ1) is 25.2.